The molecule has 55 heavy (non-hydrogen) atoms. The number of rotatable bonds is 7. The summed E-state index contributed by atoms with van der Waals surface area (Å²) >= 11 is 0. The average molecular weight is 895 g/mol. The summed E-state index contributed by atoms with van der Waals surface area (Å²) in [7, 11) is 0. The molecule has 0 saturated heterocycles. The van der Waals surface area contributed by atoms with Gasteiger partial charge in [-0.25, -0.2) is 4.98 Å². The summed E-state index contributed by atoms with van der Waals surface area (Å²) in [5, 5.41) is 2.36. The van der Waals surface area contributed by atoms with Crippen molar-refractivity contribution >= 4 is 44.6 Å². The third kappa shape index (κ3) is 6.68. The Kier molecular flexibility index (Phi) is 9.52. The summed E-state index contributed by atoms with van der Waals surface area (Å²) in [6.07, 6.45) is 2.64. The van der Waals surface area contributed by atoms with Crippen LogP contribution in [0.3, 0.4) is 0 Å². The minimum atomic E-state index is -0.191. The third-order valence-corrected chi connectivity index (χ3v) is 10.9. The number of aromatic nitrogens is 2. The van der Waals surface area contributed by atoms with E-state index in [9.17, 15) is 0 Å². The zero-order valence-corrected chi connectivity index (χ0v) is 34.1. The Morgan fingerprint density at radius 1 is 0.582 bits per heavy atom. The van der Waals surface area contributed by atoms with Gasteiger partial charge in [0.25, 0.3) is 0 Å². The molecule has 0 N–H and O–H groups in total. The third-order valence-electron chi connectivity index (χ3n) is 10.9. The zero-order chi connectivity index (χ0) is 37.0. The van der Waals surface area contributed by atoms with E-state index < -0.39 is 0 Å². The molecule has 9 rings (SSSR count). The van der Waals surface area contributed by atoms with Crippen LogP contribution in [0.25, 0.3) is 27.6 Å². The summed E-state index contributed by atoms with van der Waals surface area (Å²) in [6.45, 7) is 13.6. The number of pyridine rings is 1. The molecule has 6 aromatic carbocycles. The smallest absolute Gasteiger partial charge is 0.135 e. The van der Waals surface area contributed by atoms with Crippen molar-refractivity contribution in [2.75, 3.05) is 9.80 Å². The standard InChI is InChI=1S/C50H43N4.Pt/c1-49(2,3)39-29-36(30-41(32-39)53-34-52(40-18-10-7-11-19-40)45-22-14-15-23-46(45)53)28-35-24-25-43-42-20-12-13-21-44(42)54(47(43)31-35)48-33-38(26-27-51-48)50(4,5)37-16-8-6-9-17-37;/h6-27,29,32-34H,28H2,1-5H3;/q-3;. The van der Waals surface area contributed by atoms with Gasteiger partial charge in [0.15, 0.2) is 0 Å². The van der Waals surface area contributed by atoms with Crippen LogP contribution < -0.4 is 9.80 Å². The molecule has 0 spiro atoms. The van der Waals surface area contributed by atoms with E-state index in [1.807, 2.05) is 6.20 Å². The van der Waals surface area contributed by atoms with Crippen molar-refractivity contribution in [3.8, 4) is 5.82 Å². The second-order valence-electron chi connectivity index (χ2n) is 15.9. The van der Waals surface area contributed by atoms with Crippen LogP contribution in [0.4, 0.5) is 22.7 Å². The van der Waals surface area contributed by atoms with Crippen LogP contribution in [0.1, 0.15) is 62.4 Å². The van der Waals surface area contributed by atoms with Crippen LogP contribution in [0.5, 0.6) is 0 Å². The molecule has 0 bridgehead atoms. The molecule has 0 radical (unpaired) electrons. The van der Waals surface area contributed by atoms with E-state index in [1.54, 1.807) is 0 Å². The number of fused-ring (bicyclic) bond motifs is 4. The summed E-state index contributed by atoms with van der Waals surface area (Å²) < 4.78 is 2.29. The van der Waals surface area contributed by atoms with E-state index >= 15 is 0 Å². The molecule has 1 aliphatic heterocycles. The molecular formula is C50H43N4Pt-3. The first kappa shape index (κ1) is 36.5. The van der Waals surface area contributed by atoms with Crippen molar-refractivity contribution in [3.63, 3.8) is 0 Å². The van der Waals surface area contributed by atoms with E-state index in [-0.39, 0.29) is 31.9 Å². The van der Waals surface area contributed by atoms with E-state index in [2.05, 4.69) is 213 Å². The van der Waals surface area contributed by atoms with Crippen LogP contribution >= 0.6 is 0 Å². The van der Waals surface area contributed by atoms with Gasteiger partial charge in [-0.2, -0.15) is 47.0 Å². The Hall–Kier alpha value is -5.44. The fraction of sp³-hybridized carbons (Fsp3) is 0.160. The van der Waals surface area contributed by atoms with Crippen LogP contribution in [0.2, 0.25) is 0 Å². The first-order chi connectivity index (χ1) is 26.1. The molecule has 0 aliphatic carbocycles. The van der Waals surface area contributed by atoms with Crippen LogP contribution in [-0.4, -0.2) is 9.55 Å². The largest absolute Gasteiger partial charge is 0.493 e. The summed E-state index contributed by atoms with van der Waals surface area (Å²) in [4.78, 5) is 9.51. The van der Waals surface area contributed by atoms with Crippen LogP contribution in [-0.2, 0) is 38.3 Å². The Bertz CT molecular complexity index is 2640. The SMILES string of the molecule is CC(C)(C)c1cc(Cc2[c-]c3c(cc2)c2ccccc2n3-c2cc(C(C)(C)c3ccccc3)ccn2)[c-]c(N2[CH-]N(c3ccccc3)c3ccccc32)c1.[Pt]. The van der Waals surface area contributed by atoms with Gasteiger partial charge in [-0.1, -0.05) is 119 Å². The molecule has 1 aliphatic rings. The van der Waals surface area contributed by atoms with E-state index in [1.165, 1.54) is 27.5 Å². The second kappa shape index (κ2) is 14.3. The molecule has 0 atom stereocenters. The van der Waals surface area contributed by atoms with E-state index in [0.717, 1.165) is 50.7 Å². The zero-order valence-electron chi connectivity index (χ0n) is 31.8. The molecule has 8 aromatic rings. The fourth-order valence-corrected chi connectivity index (χ4v) is 7.80. The maximum Gasteiger partial charge on any atom is 0.135 e. The Balaban J connectivity index is 0.00000427. The van der Waals surface area contributed by atoms with Gasteiger partial charge in [0.05, 0.1) is 0 Å². The number of benzene rings is 6. The van der Waals surface area contributed by atoms with Gasteiger partial charge < -0.3 is 14.4 Å². The average Bonchev–Trinajstić information content (AvgIpc) is 3.74. The molecule has 276 valence electrons. The molecule has 0 amide bonds. The summed E-state index contributed by atoms with van der Waals surface area (Å²) in [5.41, 5.74) is 12.3. The fourth-order valence-electron chi connectivity index (χ4n) is 7.80. The van der Waals surface area contributed by atoms with Crippen LogP contribution in [0.15, 0.2) is 152 Å². The predicted molar refractivity (Wildman–Crippen MR) is 224 cm³/mol. The molecule has 2 aromatic heterocycles. The number of para-hydroxylation sites is 4. The molecule has 0 saturated carbocycles. The second-order valence-corrected chi connectivity index (χ2v) is 15.9. The predicted octanol–water partition coefficient (Wildman–Crippen LogP) is 12.4. The monoisotopic (exact) mass is 894 g/mol. The molecule has 3 heterocycles. The Morgan fingerprint density at radius 3 is 2.00 bits per heavy atom. The number of hydrogen-bond donors (Lipinski definition) is 0. The van der Waals surface area contributed by atoms with Gasteiger partial charge in [0.1, 0.15) is 5.82 Å². The van der Waals surface area contributed by atoms with Crippen molar-refractivity contribution in [1.29, 1.82) is 0 Å². The minimum absolute atomic E-state index is 0. The molecule has 5 heteroatoms. The molecule has 4 nitrogen and oxygen atoms in total. The normalized spacial score (nSPS) is 13.0. The maximum atomic E-state index is 4.97. The maximum absolute atomic E-state index is 4.97. The van der Waals surface area contributed by atoms with Crippen molar-refractivity contribution in [1.82, 2.24) is 9.55 Å². The minimum Gasteiger partial charge on any atom is -0.493 e. The van der Waals surface area contributed by atoms with Gasteiger partial charge in [0.2, 0.25) is 0 Å². The Morgan fingerprint density at radius 2 is 1.25 bits per heavy atom. The van der Waals surface area contributed by atoms with E-state index in [4.69, 9.17) is 4.98 Å². The van der Waals surface area contributed by atoms with E-state index in [0.29, 0.717) is 6.42 Å². The van der Waals surface area contributed by atoms with Gasteiger partial charge in [-0.3, -0.25) is 0 Å². The molecular weight excluding hydrogens is 852 g/mol. The summed E-state index contributed by atoms with van der Waals surface area (Å²) in [5.74, 6) is 0.894. The van der Waals surface area contributed by atoms with Gasteiger partial charge >= 0.3 is 0 Å². The van der Waals surface area contributed by atoms with Crippen molar-refractivity contribution in [3.05, 3.63) is 198 Å². The summed E-state index contributed by atoms with van der Waals surface area (Å²) in [6, 6.07) is 59.7. The quantitative estimate of drug-likeness (QED) is 0.149. The van der Waals surface area contributed by atoms with Gasteiger partial charge in [-0.05, 0) is 70.8 Å². The van der Waals surface area contributed by atoms with Crippen molar-refractivity contribution in [2.24, 2.45) is 0 Å². The number of nitrogens with zero attached hydrogens (tertiary/aromatic N) is 4. The van der Waals surface area contributed by atoms with Crippen LogP contribution in [0, 0.1) is 18.8 Å². The van der Waals surface area contributed by atoms with Crippen molar-refractivity contribution in [2.45, 2.75) is 51.9 Å². The van der Waals surface area contributed by atoms with Gasteiger partial charge in [-0.15, -0.1) is 23.8 Å². The number of hydrogen-bond acceptors (Lipinski definition) is 3. The van der Waals surface area contributed by atoms with Crippen molar-refractivity contribution < 1.29 is 21.1 Å². The Labute approximate surface area is 339 Å². The number of anilines is 4. The topological polar surface area (TPSA) is 24.3 Å². The molecule has 0 unspecified atom stereocenters. The first-order valence-corrected chi connectivity index (χ1v) is 18.8. The van der Waals surface area contributed by atoms with Gasteiger partial charge in [0, 0.05) is 55.3 Å². The molecule has 0 fully saturated rings. The first-order valence-electron chi connectivity index (χ1n) is 18.8.